The first-order chi connectivity index (χ1) is 9.08. The van der Waals surface area contributed by atoms with Crippen molar-refractivity contribution in [1.82, 2.24) is 0 Å². The second kappa shape index (κ2) is 6.28. The van der Waals surface area contributed by atoms with Crippen LogP contribution < -0.4 is 0 Å². The number of carbonyl (C=O) groups is 1. The Hall–Kier alpha value is -1.23. The van der Waals surface area contributed by atoms with E-state index >= 15 is 0 Å². The number of hydrogen-bond acceptors (Lipinski definition) is 2. The highest BCUT2D eigenvalue weighted by Crippen LogP contribution is 2.26. The van der Waals surface area contributed by atoms with E-state index in [2.05, 4.69) is 0 Å². The lowest BCUT2D eigenvalue weighted by molar-refractivity contribution is 0.0696. The van der Waals surface area contributed by atoms with Gasteiger partial charge in [0.1, 0.15) is 5.82 Å². The van der Waals surface area contributed by atoms with E-state index in [-0.39, 0.29) is 10.5 Å². The van der Waals surface area contributed by atoms with Crippen LogP contribution in [0.15, 0.2) is 23.1 Å². The first-order valence-corrected chi connectivity index (χ1v) is 7.81. The fourth-order valence-electron chi connectivity index (χ4n) is 2.47. The van der Waals surface area contributed by atoms with Crippen LogP contribution in [0.5, 0.6) is 0 Å². The molecule has 104 valence electrons. The van der Waals surface area contributed by atoms with Crippen LogP contribution in [0.3, 0.4) is 0 Å². The lowest BCUT2D eigenvalue weighted by Gasteiger charge is -2.21. The van der Waals surface area contributed by atoms with Gasteiger partial charge in [0.2, 0.25) is 0 Å². The van der Waals surface area contributed by atoms with Crippen LogP contribution in [0.2, 0.25) is 0 Å². The van der Waals surface area contributed by atoms with Crippen molar-refractivity contribution in [2.24, 2.45) is 5.92 Å². The molecule has 0 aromatic heterocycles. The minimum absolute atomic E-state index is 0.0190. The molecule has 1 aliphatic carbocycles. The summed E-state index contributed by atoms with van der Waals surface area (Å²) in [6, 6.07) is 3.47. The molecule has 1 atom stereocenters. The van der Waals surface area contributed by atoms with Crippen molar-refractivity contribution in [1.29, 1.82) is 0 Å². The molecule has 1 saturated carbocycles. The number of carboxylic acid groups (broad SMARTS) is 1. The summed E-state index contributed by atoms with van der Waals surface area (Å²) in [6.07, 6.45) is 5.56. The van der Waals surface area contributed by atoms with Crippen LogP contribution in [0.4, 0.5) is 4.39 Å². The minimum Gasteiger partial charge on any atom is -0.478 e. The molecule has 1 unspecified atom stereocenters. The van der Waals surface area contributed by atoms with Gasteiger partial charge in [0.05, 0.1) is 21.3 Å². The van der Waals surface area contributed by atoms with Gasteiger partial charge in [0.15, 0.2) is 0 Å². The molecular formula is C14H17FO3S. The molecule has 5 heteroatoms. The van der Waals surface area contributed by atoms with Crippen molar-refractivity contribution in [2.45, 2.75) is 37.0 Å². The lowest BCUT2D eigenvalue weighted by atomic mass is 9.91. The predicted octanol–water partition coefficient (Wildman–Crippen LogP) is 3.21. The average molecular weight is 284 g/mol. The quantitative estimate of drug-likeness (QED) is 0.923. The number of hydrogen-bond donors (Lipinski definition) is 1. The van der Waals surface area contributed by atoms with Gasteiger partial charge in [-0.05, 0) is 37.0 Å². The molecule has 1 fully saturated rings. The molecule has 1 aliphatic rings. The Bertz CT molecular complexity index is 495. The molecule has 2 rings (SSSR count). The molecule has 0 amide bonds. The minimum atomic E-state index is -1.46. The van der Waals surface area contributed by atoms with Crippen molar-refractivity contribution in [3.05, 3.63) is 29.6 Å². The smallest absolute Gasteiger partial charge is 0.335 e. The van der Waals surface area contributed by atoms with Gasteiger partial charge in [-0.15, -0.1) is 0 Å². The highest BCUT2D eigenvalue weighted by Gasteiger charge is 2.20. The van der Waals surface area contributed by atoms with E-state index in [1.54, 1.807) is 0 Å². The first kappa shape index (κ1) is 14.2. The molecule has 3 nitrogen and oxygen atoms in total. The number of carboxylic acids is 1. The Morgan fingerprint density at radius 3 is 2.63 bits per heavy atom. The van der Waals surface area contributed by atoms with Gasteiger partial charge in [0, 0.05) is 5.75 Å². The zero-order chi connectivity index (χ0) is 13.8. The molecule has 0 bridgehead atoms. The predicted molar refractivity (Wildman–Crippen MR) is 71.2 cm³/mol. The third-order valence-corrected chi connectivity index (χ3v) is 5.11. The third-order valence-electron chi connectivity index (χ3n) is 3.54. The molecule has 1 aromatic carbocycles. The van der Waals surface area contributed by atoms with E-state index < -0.39 is 22.6 Å². The van der Waals surface area contributed by atoms with Crippen molar-refractivity contribution < 1.29 is 18.5 Å². The summed E-state index contributed by atoms with van der Waals surface area (Å²) < 4.78 is 25.8. The van der Waals surface area contributed by atoms with Crippen molar-refractivity contribution >= 4 is 16.8 Å². The topological polar surface area (TPSA) is 54.4 Å². The van der Waals surface area contributed by atoms with Crippen LogP contribution in [0.1, 0.15) is 42.5 Å². The fraction of sp³-hybridized carbons (Fsp3) is 0.500. The Morgan fingerprint density at radius 1 is 1.32 bits per heavy atom. The summed E-state index contributed by atoms with van der Waals surface area (Å²) in [5.74, 6) is -0.919. The maximum atomic E-state index is 13.7. The van der Waals surface area contributed by atoms with E-state index in [0.717, 1.165) is 31.7 Å². The summed E-state index contributed by atoms with van der Waals surface area (Å²) in [4.78, 5) is 10.9. The zero-order valence-corrected chi connectivity index (χ0v) is 11.4. The highest BCUT2D eigenvalue weighted by atomic mass is 32.2. The van der Waals surface area contributed by atoms with Gasteiger partial charge < -0.3 is 5.11 Å². The van der Waals surface area contributed by atoms with Crippen LogP contribution in [0, 0.1) is 11.7 Å². The molecule has 0 heterocycles. The van der Waals surface area contributed by atoms with Gasteiger partial charge >= 0.3 is 5.97 Å². The number of rotatable bonds is 4. The Labute approximate surface area is 114 Å². The summed E-state index contributed by atoms with van der Waals surface area (Å²) in [5.41, 5.74) is -0.0200. The molecule has 0 radical (unpaired) electrons. The van der Waals surface area contributed by atoms with Crippen LogP contribution in [0.25, 0.3) is 0 Å². The average Bonchev–Trinajstić information content (AvgIpc) is 2.40. The van der Waals surface area contributed by atoms with Crippen LogP contribution >= 0.6 is 0 Å². The van der Waals surface area contributed by atoms with Gasteiger partial charge in [-0.1, -0.05) is 19.3 Å². The maximum absolute atomic E-state index is 13.7. The lowest BCUT2D eigenvalue weighted by Crippen LogP contribution is -2.15. The van der Waals surface area contributed by atoms with E-state index in [9.17, 15) is 13.4 Å². The second-order valence-electron chi connectivity index (χ2n) is 4.97. The van der Waals surface area contributed by atoms with Crippen molar-refractivity contribution in [3.8, 4) is 0 Å². The summed E-state index contributed by atoms with van der Waals surface area (Å²) in [6.45, 7) is 0. The molecule has 1 N–H and O–H groups in total. The first-order valence-electron chi connectivity index (χ1n) is 6.49. The molecule has 1 aromatic rings. The van der Waals surface area contributed by atoms with Crippen LogP contribution in [-0.4, -0.2) is 21.0 Å². The highest BCUT2D eigenvalue weighted by molar-refractivity contribution is 7.85. The number of benzene rings is 1. The fourth-order valence-corrected chi connectivity index (χ4v) is 3.95. The molecule has 0 saturated heterocycles. The maximum Gasteiger partial charge on any atom is 0.335 e. The second-order valence-corrected chi connectivity index (χ2v) is 6.43. The Kier molecular flexibility index (Phi) is 4.69. The third kappa shape index (κ3) is 3.62. The van der Waals surface area contributed by atoms with Crippen LogP contribution in [-0.2, 0) is 10.8 Å². The van der Waals surface area contributed by atoms with E-state index in [0.29, 0.717) is 11.7 Å². The number of aromatic carboxylic acids is 1. The molecular weight excluding hydrogens is 267 g/mol. The van der Waals surface area contributed by atoms with Gasteiger partial charge in [-0.3, -0.25) is 4.21 Å². The van der Waals surface area contributed by atoms with Gasteiger partial charge in [-0.2, -0.15) is 0 Å². The molecule has 0 spiro atoms. The summed E-state index contributed by atoms with van der Waals surface area (Å²) >= 11 is 0. The van der Waals surface area contributed by atoms with E-state index in [4.69, 9.17) is 5.11 Å². The largest absolute Gasteiger partial charge is 0.478 e. The Morgan fingerprint density at radius 2 is 2.00 bits per heavy atom. The summed E-state index contributed by atoms with van der Waals surface area (Å²) in [5, 5.41) is 8.88. The monoisotopic (exact) mass is 284 g/mol. The molecule has 0 aliphatic heterocycles. The van der Waals surface area contributed by atoms with Crippen molar-refractivity contribution in [3.63, 3.8) is 0 Å². The number of halogens is 1. The Balaban J connectivity index is 2.13. The SMILES string of the molecule is O=C(O)c1ccc(F)c(S(=O)CC2CCCCC2)c1. The molecule has 19 heavy (non-hydrogen) atoms. The van der Waals surface area contributed by atoms with Gasteiger partial charge in [-0.25, -0.2) is 9.18 Å². The van der Waals surface area contributed by atoms with E-state index in [1.807, 2.05) is 0 Å². The summed E-state index contributed by atoms with van der Waals surface area (Å²) in [7, 11) is -1.46. The zero-order valence-electron chi connectivity index (χ0n) is 10.6. The normalized spacial score (nSPS) is 18.2. The standard InChI is InChI=1S/C14H17FO3S/c15-12-7-6-11(14(16)17)8-13(12)19(18)9-10-4-2-1-3-5-10/h6-8,10H,1-5,9H2,(H,16,17). The van der Waals surface area contributed by atoms with E-state index in [1.165, 1.54) is 18.6 Å². The van der Waals surface area contributed by atoms with Crippen molar-refractivity contribution in [2.75, 3.05) is 5.75 Å². The van der Waals surface area contributed by atoms with Gasteiger partial charge in [0.25, 0.3) is 0 Å².